The van der Waals surface area contributed by atoms with Gasteiger partial charge in [-0.2, -0.15) is 0 Å². The number of hydrogen-bond acceptors (Lipinski definition) is 4. The molecule has 17 heavy (non-hydrogen) atoms. The van der Waals surface area contributed by atoms with Crippen LogP contribution in [0.2, 0.25) is 0 Å². The first kappa shape index (κ1) is 11.6. The number of likely N-dealkylation sites (tertiary alicyclic amines) is 1. The van der Waals surface area contributed by atoms with Crippen molar-refractivity contribution in [2.24, 2.45) is 5.92 Å². The Morgan fingerprint density at radius 3 is 2.59 bits per heavy atom. The second-order valence-electron chi connectivity index (χ2n) is 4.04. The molecule has 1 fully saturated rings. The van der Waals surface area contributed by atoms with E-state index in [1.54, 1.807) is 17.3 Å². The predicted octanol–water partition coefficient (Wildman–Crippen LogP) is 0.736. The number of methoxy groups -OCH3 is 1. The van der Waals surface area contributed by atoms with Gasteiger partial charge in [-0.25, -0.2) is 9.78 Å². The number of ether oxygens (including phenoxy) is 1. The van der Waals surface area contributed by atoms with Gasteiger partial charge in [0.05, 0.1) is 13.0 Å². The molecule has 6 heteroatoms. The molecule has 1 aromatic rings. The van der Waals surface area contributed by atoms with Gasteiger partial charge in [0.1, 0.15) is 6.33 Å². The summed E-state index contributed by atoms with van der Waals surface area (Å²) in [5, 5.41) is 0. The fourth-order valence-corrected chi connectivity index (χ4v) is 2.01. The van der Waals surface area contributed by atoms with Crippen LogP contribution in [0.3, 0.4) is 0 Å². The van der Waals surface area contributed by atoms with Crippen LogP contribution in [0.5, 0.6) is 0 Å². The average molecular weight is 237 g/mol. The molecule has 0 atom stereocenters. The first-order chi connectivity index (χ1) is 8.22. The summed E-state index contributed by atoms with van der Waals surface area (Å²) in [6.07, 6.45) is 5.99. The largest absolute Gasteiger partial charge is 0.469 e. The molecule has 2 rings (SSSR count). The van der Waals surface area contributed by atoms with Crippen LogP contribution >= 0.6 is 0 Å². The van der Waals surface area contributed by atoms with Crippen molar-refractivity contribution in [1.82, 2.24) is 14.5 Å². The van der Waals surface area contributed by atoms with Crippen molar-refractivity contribution in [2.45, 2.75) is 12.8 Å². The van der Waals surface area contributed by atoms with Crippen molar-refractivity contribution in [2.75, 3.05) is 20.2 Å². The maximum Gasteiger partial charge on any atom is 0.329 e. The van der Waals surface area contributed by atoms with E-state index in [-0.39, 0.29) is 17.9 Å². The van der Waals surface area contributed by atoms with Crippen LogP contribution in [0.1, 0.15) is 12.8 Å². The van der Waals surface area contributed by atoms with Crippen molar-refractivity contribution in [1.29, 1.82) is 0 Å². The lowest BCUT2D eigenvalue weighted by Crippen LogP contribution is -2.42. The van der Waals surface area contributed by atoms with E-state index >= 15 is 0 Å². The highest BCUT2D eigenvalue weighted by Gasteiger charge is 2.28. The molecule has 1 aliphatic rings. The Morgan fingerprint density at radius 1 is 1.35 bits per heavy atom. The van der Waals surface area contributed by atoms with Crippen LogP contribution in [0.25, 0.3) is 0 Å². The van der Waals surface area contributed by atoms with E-state index in [9.17, 15) is 9.59 Å². The first-order valence-corrected chi connectivity index (χ1v) is 5.57. The molecule has 2 heterocycles. The molecule has 1 amide bonds. The number of imidazole rings is 1. The molecule has 0 radical (unpaired) electrons. The van der Waals surface area contributed by atoms with Crippen LogP contribution in [0, 0.1) is 5.92 Å². The van der Waals surface area contributed by atoms with Crippen LogP contribution in [-0.4, -0.2) is 46.7 Å². The third-order valence-electron chi connectivity index (χ3n) is 3.03. The summed E-state index contributed by atoms with van der Waals surface area (Å²) < 4.78 is 6.14. The van der Waals surface area contributed by atoms with E-state index in [0.29, 0.717) is 25.9 Å². The van der Waals surface area contributed by atoms with Crippen molar-refractivity contribution in [3.63, 3.8) is 0 Å². The van der Waals surface area contributed by atoms with Gasteiger partial charge in [-0.1, -0.05) is 0 Å². The minimum Gasteiger partial charge on any atom is -0.469 e. The molecule has 1 aromatic heterocycles. The van der Waals surface area contributed by atoms with E-state index < -0.39 is 0 Å². The zero-order chi connectivity index (χ0) is 12.3. The molecule has 0 saturated carbocycles. The number of hydrogen-bond donors (Lipinski definition) is 0. The zero-order valence-corrected chi connectivity index (χ0v) is 9.70. The van der Waals surface area contributed by atoms with Gasteiger partial charge < -0.3 is 9.64 Å². The molecular formula is C11H15N3O3. The SMILES string of the molecule is COC(=O)C1CCN(C(=O)n2ccnc2)CC1. The highest BCUT2D eigenvalue weighted by atomic mass is 16.5. The van der Waals surface area contributed by atoms with E-state index in [2.05, 4.69) is 4.98 Å². The Balaban J connectivity index is 1.91. The zero-order valence-electron chi connectivity index (χ0n) is 9.70. The first-order valence-electron chi connectivity index (χ1n) is 5.57. The summed E-state index contributed by atoms with van der Waals surface area (Å²) in [5.74, 6) is -0.258. The number of piperidine rings is 1. The van der Waals surface area contributed by atoms with Crippen molar-refractivity contribution in [3.8, 4) is 0 Å². The maximum absolute atomic E-state index is 11.9. The summed E-state index contributed by atoms with van der Waals surface area (Å²) in [6.45, 7) is 1.16. The Hall–Kier alpha value is -1.85. The Bertz CT molecular complexity index is 394. The molecule has 92 valence electrons. The molecule has 6 nitrogen and oxygen atoms in total. The van der Waals surface area contributed by atoms with Gasteiger partial charge in [0.2, 0.25) is 0 Å². The molecule has 0 aliphatic carbocycles. The fourth-order valence-electron chi connectivity index (χ4n) is 2.01. The molecular weight excluding hydrogens is 222 g/mol. The standard InChI is InChI=1S/C11H15N3O3/c1-17-10(15)9-2-5-13(6-3-9)11(16)14-7-4-12-8-14/h4,7-9H,2-3,5-6H2,1H3. The molecule has 0 N–H and O–H groups in total. The van der Waals surface area contributed by atoms with Crippen molar-refractivity contribution < 1.29 is 14.3 Å². The smallest absolute Gasteiger partial charge is 0.329 e. The number of amides is 1. The number of rotatable bonds is 1. The van der Waals surface area contributed by atoms with Gasteiger partial charge in [0.15, 0.2) is 0 Å². The van der Waals surface area contributed by atoms with Crippen molar-refractivity contribution in [3.05, 3.63) is 18.7 Å². The summed E-state index contributed by atoms with van der Waals surface area (Å²) in [5.41, 5.74) is 0. The Morgan fingerprint density at radius 2 is 2.06 bits per heavy atom. The second kappa shape index (κ2) is 4.99. The quantitative estimate of drug-likeness (QED) is 0.676. The maximum atomic E-state index is 11.9. The fraction of sp³-hybridized carbons (Fsp3) is 0.545. The molecule has 0 unspecified atom stereocenters. The minimum atomic E-state index is -0.181. The predicted molar refractivity (Wildman–Crippen MR) is 59.3 cm³/mol. The van der Waals surface area contributed by atoms with Crippen LogP contribution in [-0.2, 0) is 9.53 Å². The number of carbonyl (C=O) groups is 2. The van der Waals surface area contributed by atoms with E-state index in [0.717, 1.165) is 0 Å². The van der Waals surface area contributed by atoms with Gasteiger partial charge in [-0.05, 0) is 12.8 Å². The van der Waals surface area contributed by atoms with E-state index in [1.165, 1.54) is 18.0 Å². The molecule has 1 saturated heterocycles. The van der Waals surface area contributed by atoms with Gasteiger partial charge in [-0.3, -0.25) is 9.36 Å². The van der Waals surface area contributed by atoms with E-state index in [1.807, 2.05) is 0 Å². The van der Waals surface area contributed by atoms with Gasteiger partial charge in [-0.15, -0.1) is 0 Å². The summed E-state index contributed by atoms with van der Waals surface area (Å²) in [6, 6.07) is -0.0918. The third-order valence-corrected chi connectivity index (χ3v) is 3.03. The molecule has 0 spiro atoms. The average Bonchev–Trinajstić information content (AvgIpc) is 2.91. The number of nitrogens with zero attached hydrogens (tertiary/aromatic N) is 3. The normalized spacial score (nSPS) is 16.9. The summed E-state index contributed by atoms with van der Waals surface area (Å²) >= 11 is 0. The number of esters is 1. The summed E-state index contributed by atoms with van der Waals surface area (Å²) in [4.78, 5) is 28.8. The van der Waals surface area contributed by atoms with Gasteiger partial charge >= 0.3 is 12.0 Å². The van der Waals surface area contributed by atoms with Crippen LogP contribution in [0.15, 0.2) is 18.7 Å². The lowest BCUT2D eigenvalue weighted by Gasteiger charge is -2.30. The summed E-state index contributed by atoms with van der Waals surface area (Å²) in [7, 11) is 1.39. The third kappa shape index (κ3) is 2.46. The van der Waals surface area contributed by atoms with E-state index in [4.69, 9.17) is 4.74 Å². The topological polar surface area (TPSA) is 64.4 Å². The Labute approximate surface area is 99.2 Å². The van der Waals surface area contributed by atoms with Crippen LogP contribution in [0.4, 0.5) is 4.79 Å². The highest BCUT2D eigenvalue weighted by molar-refractivity contribution is 5.77. The number of aromatic nitrogens is 2. The monoisotopic (exact) mass is 237 g/mol. The lowest BCUT2D eigenvalue weighted by molar-refractivity contribution is -0.146. The van der Waals surface area contributed by atoms with Crippen LogP contribution < -0.4 is 0 Å². The lowest BCUT2D eigenvalue weighted by atomic mass is 9.97. The molecule has 0 aromatic carbocycles. The second-order valence-corrected chi connectivity index (χ2v) is 4.04. The van der Waals surface area contributed by atoms with Crippen molar-refractivity contribution >= 4 is 12.0 Å². The van der Waals surface area contributed by atoms with Gasteiger partial charge in [0, 0.05) is 25.5 Å². The molecule has 1 aliphatic heterocycles. The molecule has 0 bridgehead atoms. The highest BCUT2D eigenvalue weighted by Crippen LogP contribution is 2.18. The Kier molecular flexibility index (Phi) is 3.41. The van der Waals surface area contributed by atoms with Gasteiger partial charge in [0.25, 0.3) is 0 Å². The minimum absolute atomic E-state index is 0.0770. The number of carbonyl (C=O) groups excluding carboxylic acids is 2.